The van der Waals surface area contributed by atoms with Gasteiger partial charge in [0.05, 0.1) is 13.2 Å². The number of benzene rings is 1. The molecule has 2 heterocycles. The number of likely N-dealkylation sites (tertiary alicyclic amines) is 1. The fourth-order valence-corrected chi connectivity index (χ4v) is 3.52. The van der Waals surface area contributed by atoms with Gasteiger partial charge in [0.2, 0.25) is 0 Å². The van der Waals surface area contributed by atoms with E-state index in [1.54, 1.807) is 0 Å². The molecule has 21 heavy (non-hydrogen) atoms. The van der Waals surface area contributed by atoms with Gasteiger partial charge >= 0.3 is 5.97 Å². The first-order valence-electron chi connectivity index (χ1n) is 7.02. The number of hydrogen-bond donors (Lipinski definition) is 1. The highest BCUT2D eigenvalue weighted by Crippen LogP contribution is 2.32. The van der Waals surface area contributed by atoms with E-state index < -0.39 is 6.10 Å². The zero-order chi connectivity index (χ0) is 15.0. The molecule has 5 nitrogen and oxygen atoms in total. The van der Waals surface area contributed by atoms with Crippen molar-refractivity contribution in [3.8, 4) is 5.75 Å². The highest BCUT2D eigenvalue weighted by molar-refractivity contribution is 9.10. The van der Waals surface area contributed by atoms with Gasteiger partial charge in [-0.2, -0.15) is 0 Å². The van der Waals surface area contributed by atoms with Gasteiger partial charge in [-0.25, -0.2) is 0 Å². The molecule has 1 aromatic rings. The molecule has 1 aromatic carbocycles. The van der Waals surface area contributed by atoms with E-state index in [0.29, 0.717) is 19.5 Å². The summed E-state index contributed by atoms with van der Waals surface area (Å²) in [4.78, 5) is 13.7. The summed E-state index contributed by atoms with van der Waals surface area (Å²) in [6.45, 7) is 1.10. The van der Waals surface area contributed by atoms with Crippen LogP contribution in [0.4, 0.5) is 0 Å². The minimum Gasteiger partial charge on any atom is -0.488 e. The molecule has 3 rings (SSSR count). The number of rotatable bonds is 3. The Morgan fingerprint density at radius 1 is 1.57 bits per heavy atom. The van der Waals surface area contributed by atoms with Crippen molar-refractivity contribution in [1.82, 2.24) is 4.90 Å². The van der Waals surface area contributed by atoms with Crippen LogP contribution in [0.2, 0.25) is 0 Å². The molecule has 3 atom stereocenters. The zero-order valence-electron chi connectivity index (χ0n) is 11.8. The summed E-state index contributed by atoms with van der Waals surface area (Å²) < 4.78 is 11.8. The Hall–Kier alpha value is -1.11. The van der Waals surface area contributed by atoms with E-state index in [1.807, 2.05) is 17.0 Å². The number of carbonyl (C=O) groups is 1. The van der Waals surface area contributed by atoms with E-state index in [1.165, 1.54) is 12.7 Å². The maximum absolute atomic E-state index is 11.8. The van der Waals surface area contributed by atoms with Crippen LogP contribution in [0, 0.1) is 0 Å². The molecule has 0 aromatic heterocycles. The third kappa shape index (κ3) is 3.07. The van der Waals surface area contributed by atoms with E-state index in [2.05, 4.69) is 22.0 Å². The number of hydrogen-bond acceptors (Lipinski definition) is 5. The van der Waals surface area contributed by atoms with Crippen LogP contribution in [0.25, 0.3) is 0 Å². The number of fused-ring (bicyclic) bond motifs is 1. The molecule has 2 aliphatic heterocycles. The van der Waals surface area contributed by atoms with Crippen molar-refractivity contribution < 1.29 is 19.4 Å². The van der Waals surface area contributed by atoms with E-state index >= 15 is 0 Å². The summed E-state index contributed by atoms with van der Waals surface area (Å²) in [5, 5.41) is 9.80. The number of ether oxygens (including phenoxy) is 2. The molecular formula is C15H18BrNO4. The second-order valence-corrected chi connectivity index (χ2v) is 6.49. The molecule has 114 valence electrons. The van der Waals surface area contributed by atoms with Gasteiger partial charge in [-0.15, -0.1) is 0 Å². The zero-order valence-corrected chi connectivity index (χ0v) is 13.4. The van der Waals surface area contributed by atoms with E-state index in [-0.39, 0.29) is 18.1 Å². The Kier molecular flexibility index (Phi) is 4.19. The summed E-state index contributed by atoms with van der Waals surface area (Å²) in [7, 11) is 1.38. The van der Waals surface area contributed by atoms with Gasteiger partial charge in [0.25, 0.3) is 0 Å². The quantitative estimate of drug-likeness (QED) is 0.829. The number of aliphatic hydroxyl groups excluding tert-OH is 1. The Labute approximate surface area is 132 Å². The van der Waals surface area contributed by atoms with Crippen molar-refractivity contribution in [3.63, 3.8) is 0 Å². The minimum absolute atomic E-state index is 0.00626. The van der Waals surface area contributed by atoms with Crippen LogP contribution >= 0.6 is 15.9 Å². The van der Waals surface area contributed by atoms with Crippen LogP contribution in [0.1, 0.15) is 12.0 Å². The van der Waals surface area contributed by atoms with Crippen LogP contribution in [0.3, 0.4) is 0 Å². The molecule has 2 aliphatic rings. The van der Waals surface area contributed by atoms with Gasteiger partial charge in [-0.1, -0.05) is 15.9 Å². The monoisotopic (exact) mass is 355 g/mol. The Balaban J connectivity index is 1.66. The Bertz CT molecular complexity index is 550. The summed E-state index contributed by atoms with van der Waals surface area (Å²) in [5.41, 5.74) is 1.17. The second-order valence-electron chi connectivity index (χ2n) is 5.58. The smallest absolute Gasteiger partial charge is 0.323 e. The molecule has 1 saturated heterocycles. The lowest BCUT2D eigenvalue weighted by atomic mass is 10.1. The van der Waals surface area contributed by atoms with Crippen molar-refractivity contribution in [2.75, 3.05) is 20.2 Å². The Morgan fingerprint density at radius 2 is 2.38 bits per heavy atom. The molecule has 3 unspecified atom stereocenters. The lowest BCUT2D eigenvalue weighted by Gasteiger charge is -2.24. The molecule has 6 heteroatoms. The lowest BCUT2D eigenvalue weighted by Crippen LogP contribution is -2.42. The van der Waals surface area contributed by atoms with Crippen LogP contribution in [-0.4, -0.2) is 54.4 Å². The summed E-state index contributed by atoms with van der Waals surface area (Å²) in [5.74, 6) is 0.613. The molecule has 0 bridgehead atoms. The molecule has 1 N–H and O–H groups in total. The van der Waals surface area contributed by atoms with Crippen molar-refractivity contribution in [2.24, 2.45) is 0 Å². The van der Waals surface area contributed by atoms with E-state index in [0.717, 1.165) is 16.6 Å². The molecule has 0 radical (unpaired) electrons. The summed E-state index contributed by atoms with van der Waals surface area (Å²) in [6, 6.07) is 5.60. The Morgan fingerprint density at radius 3 is 3.14 bits per heavy atom. The largest absolute Gasteiger partial charge is 0.488 e. The topological polar surface area (TPSA) is 59.0 Å². The number of methoxy groups -OCH3 is 1. The number of halogens is 1. The number of esters is 1. The average molecular weight is 356 g/mol. The van der Waals surface area contributed by atoms with Crippen molar-refractivity contribution in [3.05, 3.63) is 28.2 Å². The average Bonchev–Trinajstić information content (AvgIpc) is 3.00. The first-order valence-corrected chi connectivity index (χ1v) is 7.81. The number of carbonyl (C=O) groups excluding carboxylic acids is 1. The van der Waals surface area contributed by atoms with Gasteiger partial charge in [-0.3, -0.25) is 9.69 Å². The van der Waals surface area contributed by atoms with Crippen LogP contribution in [0.5, 0.6) is 5.75 Å². The van der Waals surface area contributed by atoms with Gasteiger partial charge in [0.15, 0.2) is 0 Å². The summed E-state index contributed by atoms with van der Waals surface area (Å²) in [6.07, 6.45) is 0.770. The summed E-state index contributed by atoms with van der Waals surface area (Å²) >= 11 is 3.46. The lowest BCUT2D eigenvalue weighted by molar-refractivity contribution is -0.146. The number of aliphatic hydroxyl groups is 1. The predicted molar refractivity (Wildman–Crippen MR) is 80.3 cm³/mol. The van der Waals surface area contributed by atoms with Gasteiger partial charge in [0, 0.05) is 30.4 Å². The SMILES string of the molecule is COC(=O)C1CC(O)CN1CC1Cc2cc(Br)ccc2O1. The van der Waals surface area contributed by atoms with Crippen LogP contribution < -0.4 is 4.74 Å². The van der Waals surface area contributed by atoms with Crippen molar-refractivity contribution >= 4 is 21.9 Å². The highest BCUT2D eigenvalue weighted by atomic mass is 79.9. The maximum Gasteiger partial charge on any atom is 0.323 e. The first-order chi connectivity index (χ1) is 10.1. The molecule has 1 fully saturated rings. The van der Waals surface area contributed by atoms with Crippen molar-refractivity contribution in [1.29, 1.82) is 0 Å². The fourth-order valence-electron chi connectivity index (χ4n) is 3.11. The highest BCUT2D eigenvalue weighted by Gasteiger charge is 2.39. The molecular weight excluding hydrogens is 338 g/mol. The molecule has 0 spiro atoms. The number of nitrogens with zero attached hydrogens (tertiary/aromatic N) is 1. The minimum atomic E-state index is -0.480. The first kappa shape index (κ1) is 14.8. The fraction of sp³-hybridized carbons (Fsp3) is 0.533. The number of β-amino-alcohol motifs (C(OH)–C–C–N with tert-alkyl or cyclic N) is 1. The van der Waals surface area contributed by atoms with Crippen LogP contribution in [0.15, 0.2) is 22.7 Å². The predicted octanol–water partition coefficient (Wildman–Crippen LogP) is 1.36. The normalized spacial score (nSPS) is 28.2. The van der Waals surface area contributed by atoms with Gasteiger partial charge in [0.1, 0.15) is 17.9 Å². The van der Waals surface area contributed by atoms with Gasteiger partial charge < -0.3 is 14.6 Å². The van der Waals surface area contributed by atoms with Gasteiger partial charge in [-0.05, 0) is 23.8 Å². The third-order valence-electron chi connectivity index (χ3n) is 4.06. The second kappa shape index (κ2) is 5.94. The van der Waals surface area contributed by atoms with Crippen LogP contribution in [-0.2, 0) is 16.0 Å². The molecule has 0 amide bonds. The standard InChI is InChI=1S/C15H18BrNO4/c1-20-15(19)13-6-11(18)7-17(13)8-12-5-9-4-10(16)2-3-14(9)21-12/h2-4,11-13,18H,5-8H2,1H3. The van der Waals surface area contributed by atoms with E-state index in [9.17, 15) is 9.90 Å². The third-order valence-corrected chi connectivity index (χ3v) is 4.55. The van der Waals surface area contributed by atoms with Crippen molar-refractivity contribution in [2.45, 2.75) is 31.1 Å². The molecule has 0 saturated carbocycles. The molecule has 0 aliphatic carbocycles. The van der Waals surface area contributed by atoms with E-state index in [4.69, 9.17) is 9.47 Å². The maximum atomic E-state index is 11.8.